The van der Waals surface area contributed by atoms with Gasteiger partial charge < -0.3 is 19.3 Å². The van der Waals surface area contributed by atoms with Gasteiger partial charge in [0.05, 0.1) is 17.4 Å². The van der Waals surface area contributed by atoms with Crippen molar-refractivity contribution in [3.8, 4) is 0 Å². The maximum Gasteiger partial charge on any atom is 0.407 e. The molecule has 1 amide bonds. The number of nitrogens with zero attached hydrogens (tertiary/aromatic N) is 3. The molecule has 200 valence electrons. The second-order valence-corrected chi connectivity index (χ2v) is 10.1. The van der Waals surface area contributed by atoms with Crippen molar-refractivity contribution in [1.82, 2.24) is 14.5 Å². The van der Waals surface area contributed by atoms with Gasteiger partial charge in [0.2, 0.25) is 0 Å². The first-order valence-electron chi connectivity index (χ1n) is 13.3. The second kappa shape index (κ2) is 11.2. The number of likely N-dealkylation sites (tertiary alicyclic amines) is 1. The van der Waals surface area contributed by atoms with Gasteiger partial charge in [0.1, 0.15) is 12.1 Å². The Labute approximate surface area is 228 Å². The van der Waals surface area contributed by atoms with E-state index in [0.29, 0.717) is 38.0 Å². The number of carboxylic acid groups (broad SMARTS) is 1. The predicted molar refractivity (Wildman–Crippen MR) is 148 cm³/mol. The molecule has 1 aliphatic rings. The fourth-order valence-electron chi connectivity index (χ4n) is 5.73. The van der Waals surface area contributed by atoms with Gasteiger partial charge >= 0.3 is 12.1 Å². The smallest absolute Gasteiger partial charge is 0.407 e. The van der Waals surface area contributed by atoms with E-state index in [1.54, 1.807) is 6.33 Å². The van der Waals surface area contributed by atoms with Crippen LogP contribution in [0.3, 0.4) is 0 Å². The summed E-state index contributed by atoms with van der Waals surface area (Å²) in [6.07, 6.45) is 4.33. The molecular formula is C32H33N3O4. The molecular weight excluding hydrogens is 490 g/mol. The number of carbonyl (C=O) groups excluding carboxylic acids is 1. The Morgan fingerprint density at radius 1 is 0.872 bits per heavy atom. The molecule has 0 saturated carbocycles. The third-order valence-corrected chi connectivity index (χ3v) is 8.05. The summed E-state index contributed by atoms with van der Waals surface area (Å²) in [4.78, 5) is 30.6. The van der Waals surface area contributed by atoms with E-state index in [1.165, 1.54) is 4.90 Å². The van der Waals surface area contributed by atoms with Crippen LogP contribution in [0, 0.1) is 5.41 Å². The lowest BCUT2D eigenvalue weighted by atomic mass is 9.76. The maximum absolute atomic E-state index is 13.2. The monoisotopic (exact) mass is 523 g/mol. The molecule has 0 aliphatic carbocycles. The summed E-state index contributed by atoms with van der Waals surface area (Å²) in [5.41, 5.74) is 2.53. The summed E-state index contributed by atoms with van der Waals surface area (Å²) in [5, 5.41) is 9.29. The van der Waals surface area contributed by atoms with Gasteiger partial charge in [0.15, 0.2) is 0 Å². The Bertz CT molecular complexity index is 1300. The lowest BCUT2D eigenvalue weighted by molar-refractivity contribution is -0.160. The minimum atomic E-state index is -0.947. The van der Waals surface area contributed by atoms with Crippen LogP contribution in [0.15, 0.2) is 104 Å². The van der Waals surface area contributed by atoms with Crippen molar-refractivity contribution in [2.75, 3.05) is 13.1 Å². The Hall–Kier alpha value is -4.39. The van der Waals surface area contributed by atoms with E-state index in [4.69, 9.17) is 4.74 Å². The zero-order valence-corrected chi connectivity index (χ0v) is 22.1. The Balaban J connectivity index is 1.47. The van der Waals surface area contributed by atoms with Crippen LogP contribution in [-0.4, -0.2) is 44.7 Å². The van der Waals surface area contributed by atoms with Gasteiger partial charge in [-0.1, -0.05) is 97.9 Å². The number of aromatic nitrogens is 2. The highest BCUT2D eigenvalue weighted by atomic mass is 16.5. The number of benzene rings is 3. The Morgan fingerprint density at radius 3 is 1.79 bits per heavy atom. The Morgan fingerprint density at radius 2 is 1.36 bits per heavy atom. The number of piperidine rings is 1. The zero-order chi connectivity index (χ0) is 27.3. The highest BCUT2D eigenvalue weighted by molar-refractivity contribution is 5.77. The molecule has 0 atom stereocenters. The molecule has 0 radical (unpaired) electrons. The number of imidazole rings is 1. The molecule has 1 aliphatic heterocycles. The quantitative estimate of drug-likeness (QED) is 0.228. The van der Waals surface area contributed by atoms with Gasteiger partial charge in [-0.05, 0) is 36.0 Å². The fraction of sp³-hybridized carbons (Fsp3) is 0.281. The number of amides is 1. The van der Waals surface area contributed by atoms with Gasteiger partial charge in [-0.25, -0.2) is 9.78 Å². The summed E-state index contributed by atoms with van der Waals surface area (Å²) in [5.74, 6) is -0.287. The van der Waals surface area contributed by atoms with Crippen LogP contribution in [0.2, 0.25) is 0 Å². The van der Waals surface area contributed by atoms with E-state index >= 15 is 0 Å². The first kappa shape index (κ1) is 26.2. The summed E-state index contributed by atoms with van der Waals surface area (Å²) in [6, 6.07) is 31.0. The number of hydrogen-bond acceptors (Lipinski definition) is 4. The van der Waals surface area contributed by atoms with Gasteiger partial charge in [-0.2, -0.15) is 0 Å². The highest BCUT2D eigenvalue weighted by Crippen LogP contribution is 2.41. The molecule has 7 nitrogen and oxygen atoms in total. The average molecular weight is 524 g/mol. The van der Waals surface area contributed by atoms with Crippen molar-refractivity contribution >= 4 is 12.1 Å². The van der Waals surface area contributed by atoms with Crippen LogP contribution in [0.4, 0.5) is 4.79 Å². The number of esters is 1. The summed E-state index contributed by atoms with van der Waals surface area (Å²) >= 11 is 0. The number of rotatable bonds is 8. The standard InChI is InChI=1S/C32H33N3O4/c1-2-31(18-20-34(21-19-31)30(37)38)29(36)39-23-28-22-35(24-33-28)32(25-12-6-3-7-13-25,26-14-8-4-9-15-26)27-16-10-5-11-17-27/h3-17,22,24H,2,18-21,23H2,1H3,(H,37,38). The molecule has 0 spiro atoms. The van der Waals surface area contributed by atoms with Gasteiger partial charge in [-0.15, -0.1) is 0 Å². The van der Waals surface area contributed by atoms with Crippen LogP contribution < -0.4 is 0 Å². The molecule has 3 aromatic carbocycles. The molecule has 5 rings (SSSR count). The maximum atomic E-state index is 13.2. The molecule has 7 heteroatoms. The van der Waals surface area contributed by atoms with Gasteiger partial charge in [-0.3, -0.25) is 4.79 Å². The van der Waals surface area contributed by atoms with E-state index in [1.807, 2.05) is 67.7 Å². The molecule has 1 aromatic heterocycles. The number of hydrogen-bond donors (Lipinski definition) is 1. The van der Waals surface area contributed by atoms with Crippen LogP contribution in [0.25, 0.3) is 0 Å². The van der Waals surface area contributed by atoms with E-state index in [2.05, 4.69) is 45.9 Å². The SMILES string of the molecule is CCC1(C(=O)OCc2cn(C(c3ccccc3)(c3ccccc3)c3ccccc3)cn2)CCN(C(=O)O)CC1. The molecule has 0 bridgehead atoms. The van der Waals surface area contributed by atoms with Crippen LogP contribution in [0.5, 0.6) is 0 Å². The van der Waals surface area contributed by atoms with Crippen molar-refractivity contribution in [2.24, 2.45) is 5.41 Å². The van der Waals surface area contributed by atoms with Crippen molar-refractivity contribution in [2.45, 2.75) is 38.3 Å². The van der Waals surface area contributed by atoms with Crippen LogP contribution in [0.1, 0.15) is 48.6 Å². The van der Waals surface area contributed by atoms with E-state index in [9.17, 15) is 14.7 Å². The van der Waals surface area contributed by atoms with Crippen molar-refractivity contribution in [3.63, 3.8) is 0 Å². The largest absolute Gasteiger partial charge is 0.465 e. The fourth-order valence-corrected chi connectivity index (χ4v) is 5.73. The van der Waals surface area contributed by atoms with E-state index < -0.39 is 17.0 Å². The van der Waals surface area contributed by atoms with Crippen LogP contribution in [-0.2, 0) is 21.7 Å². The molecule has 1 fully saturated rings. The topological polar surface area (TPSA) is 84.7 Å². The van der Waals surface area contributed by atoms with Gasteiger partial charge in [0, 0.05) is 19.3 Å². The summed E-state index contributed by atoms with van der Waals surface area (Å²) in [6.45, 7) is 2.67. The first-order chi connectivity index (χ1) is 19.0. The molecule has 1 saturated heterocycles. The lowest BCUT2D eigenvalue weighted by Crippen LogP contribution is -2.46. The molecule has 1 N–H and O–H groups in total. The van der Waals surface area contributed by atoms with E-state index in [-0.39, 0.29) is 12.6 Å². The highest BCUT2D eigenvalue weighted by Gasteiger charge is 2.42. The molecule has 0 unspecified atom stereocenters. The van der Waals surface area contributed by atoms with Gasteiger partial charge in [0.25, 0.3) is 0 Å². The predicted octanol–water partition coefficient (Wildman–Crippen LogP) is 5.94. The van der Waals surface area contributed by atoms with E-state index in [0.717, 1.165) is 16.7 Å². The first-order valence-corrected chi connectivity index (χ1v) is 13.3. The minimum absolute atomic E-state index is 0.0463. The molecule has 2 heterocycles. The average Bonchev–Trinajstić information content (AvgIpc) is 3.47. The zero-order valence-electron chi connectivity index (χ0n) is 22.1. The van der Waals surface area contributed by atoms with Crippen molar-refractivity contribution in [1.29, 1.82) is 0 Å². The number of carbonyl (C=O) groups is 2. The summed E-state index contributed by atoms with van der Waals surface area (Å²) < 4.78 is 7.91. The molecule has 4 aromatic rings. The lowest BCUT2D eigenvalue weighted by Gasteiger charge is -2.38. The Kier molecular flexibility index (Phi) is 7.50. The third kappa shape index (κ3) is 4.92. The van der Waals surface area contributed by atoms with Crippen LogP contribution >= 0.6 is 0 Å². The van der Waals surface area contributed by atoms with Crippen molar-refractivity contribution < 1.29 is 19.4 Å². The summed E-state index contributed by atoms with van der Waals surface area (Å²) in [7, 11) is 0. The third-order valence-electron chi connectivity index (χ3n) is 8.05. The minimum Gasteiger partial charge on any atom is -0.465 e. The normalized spacial score (nSPS) is 15.1. The second-order valence-electron chi connectivity index (χ2n) is 10.1. The van der Waals surface area contributed by atoms with Crippen molar-refractivity contribution in [3.05, 3.63) is 126 Å². The molecule has 39 heavy (non-hydrogen) atoms. The number of ether oxygens (including phenoxy) is 1.